The molecule has 0 amide bonds. The molecule has 17 heavy (non-hydrogen) atoms. The van der Waals surface area contributed by atoms with Crippen molar-refractivity contribution in [2.75, 3.05) is 18.6 Å². The molecule has 1 aromatic rings. The first kappa shape index (κ1) is 13.8. The van der Waals surface area contributed by atoms with Crippen LogP contribution >= 0.6 is 0 Å². The molecule has 2 N–H and O–H groups in total. The fourth-order valence-corrected chi connectivity index (χ4v) is 2.16. The van der Waals surface area contributed by atoms with Crippen molar-refractivity contribution < 1.29 is 23.4 Å². The smallest absolute Gasteiger partial charge is 0.161 e. The van der Waals surface area contributed by atoms with Crippen LogP contribution in [-0.4, -0.2) is 37.2 Å². The van der Waals surface area contributed by atoms with Gasteiger partial charge in [0, 0.05) is 6.26 Å². The third-order valence-electron chi connectivity index (χ3n) is 2.13. The molecule has 96 valence electrons. The van der Waals surface area contributed by atoms with Crippen molar-refractivity contribution >= 4 is 9.84 Å². The molecule has 0 saturated carbocycles. The van der Waals surface area contributed by atoms with Gasteiger partial charge in [0.25, 0.3) is 0 Å². The number of aliphatic hydroxyl groups excluding tert-OH is 1. The largest absolute Gasteiger partial charge is 0.504 e. The third kappa shape index (κ3) is 4.24. The first-order chi connectivity index (χ1) is 7.83. The van der Waals surface area contributed by atoms with Gasteiger partial charge in [-0.2, -0.15) is 0 Å². The zero-order chi connectivity index (χ0) is 13.1. The zero-order valence-electron chi connectivity index (χ0n) is 9.75. The highest BCUT2D eigenvalue weighted by atomic mass is 32.2. The lowest BCUT2D eigenvalue weighted by Crippen LogP contribution is -2.12. The van der Waals surface area contributed by atoms with Crippen LogP contribution in [0.5, 0.6) is 11.5 Å². The van der Waals surface area contributed by atoms with Gasteiger partial charge in [0.2, 0.25) is 0 Å². The van der Waals surface area contributed by atoms with Crippen molar-refractivity contribution in [3.05, 3.63) is 23.8 Å². The summed E-state index contributed by atoms with van der Waals surface area (Å²) in [6, 6.07) is 4.27. The van der Waals surface area contributed by atoms with E-state index in [-0.39, 0.29) is 17.3 Å². The maximum atomic E-state index is 11.1. The molecule has 1 atom stereocenters. The topological polar surface area (TPSA) is 83.8 Å². The highest BCUT2D eigenvalue weighted by Gasteiger charge is 2.16. The van der Waals surface area contributed by atoms with Crippen LogP contribution in [0.1, 0.15) is 18.6 Å². The van der Waals surface area contributed by atoms with Gasteiger partial charge in [0.1, 0.15) is 9.84 Å². The normalized spacial score (nSPS) is 13.4. The summed E-state index contributed by atoms with van der Waals surface area (Å²) >= 11 is 0. The van der Waals surface area contributed by atoms with Gasteiger partial charge in [-0.1, -0.05) is 6.07 Å². The minimum absolute atomic E-state index is 0.0397. The van der Waals surface area contributed by atoms with Crippen molar-refractivity contribution in [2.24, 2.45) is 0 Å². The minimum atomic E-state index is -3.26. The lowest BCUT2D eigenvalue weighted by atomic mass is 10.1. The van der Waals surface area contributed by atoms with Gasteiger partial charge in [-0.3, -0.25) is 0 Å². The monoisotopic (exact) mass is 260 g/mol. The number of ether oxygens (including phenoxy) is 1. The zero-order valence-corrected chi connectivity index (χ0v) is 10.6. The lowest BCUT2D eigenvalue weighted by Gasteiger charge is -2.12. The summed E-state index contributed by atoms with van der Waals surface area (Å²) in [5.41, 5.74) is 0.400. The molecule has 0 saturated heterocycles. The van der Waals surface area contributed by atoms with Gasteiger partial charge >= 0.3 is 0 Å². The predicted molar refractivity (Wildman–Crippen MR) is 63.9 cm³/mol. The van der Waals surface area contributed by atoms with Crippen molar-refractivity contribution in [3.8, 4) is 11.5 Å². The Kier molecular flexibility index (Phi) is 4.36. The SMILES string of the molecule is CCOc1cc(C(O)CS(C)(=O)=O)ccc1O. The summed E-state index contributed by atoms with van der Waals surface area (Å²) in [7, 11) is -3.26. The van der Waals surface area contributed by atoms with Crippen LogP contribution in [-0.2, 0) is 9.84 Å². The molecule has 0 aromatic heterocycles. The molecule has 0 spiro atoms. The molecular weight excluding hydrogens is 244 g/mol. The molecule has 0 bridgehead atoms. The maximum Gasteiger partial charge on any atom is 0.161 e. The molecular formula is C11H16O5S. The van der Waals surface area contributed by atoms with Crippen LogP contribution in [0.2, 0.25) is 0 Å². The van der Waals surface area contributed by atoms with Crippen LogP contribution in [0.25, 0.3) is 0 Å². The van der Waals surface area contributed by atoms with Crippen LogP contribution in [0.15, 0.2) is 18.2 Å². The summed E-state index contributed by atoms with van der Waals surface area (Å²) in [5.74, 6) is -0.164. The average molecular weight is 260 g/mol. The Hall–Kier alpha value is -1.27. The van der Waals surface area contributed by atoms with Crippen molar-refractivity contribution in [2.45, 2.75) is 13.0 Å². The molecule has 0 radical (unpaired) electrons. The number of phenols is 1. The molecule has 0 fully saturated rings. The van der Waals surface area contributed by atoms with E-state index in [1.54, 1.807) is 6.92 Å². The first-order valence-corrected chi connectivity index (χ1v) is 7.21. The Bertz CT molecular complexity index is 481. The molecule has 0 heterocycles. The molecule has 0 aliphatic heterocycles. The first-order valence-electron chi connectivity index (χ1n) is 5.15. The van der Waals surface area contributed by atoms with E-state index < -0.39 is 15.9 Å². The van der Waals surface area contributed by atoms with Gasteiger partial charge in [0.05, 0.1) is 18.5 Å². The fraction of sp³-hybridized carbons (Fsp3) is 0.455. The summed E-state index contributed by atoms with van der Waals surface area (Å²) < 4.78 is 27.3. The number of aromatic hydroxyl groups is 1. The number of hydrogen-bond donors (Lipinski definition) is 2. The number of rotatable bonds is 5. The maximum absolute atomic E-state index is 11.1. The Morgan fingerprint density at radius 1 is 1.41 bits per heavy atom. The molecule has 6 heteroatoms. The number of aliphatic hydroxyl groups is 1. The van der Waals surface area contributed by atoms with E-state index >= 15 is 0 Å². The van der Waals surface area contributed by atoms with Crippen molar-refractivity contribution in [3.63, 3.8) is 0 Å². The van der Waals surface area contributed by atoms with E-state index in [1.807, 2.05) is 0 Å². The van der Waals surface area contributed by atoms with Gasteiger partial charge in [-0.25, -0.2) is 8.42 Å². The predicted octanol–water partition coefficient (Wildman–Crippen LogP) is 0.869. The molecule has 5 nitrogen and oxygen atoms in total. The molecule has 0 aliphatic carbocycles. The molecule has 1 unspecified atom stereocenters. The Balaban J connectivity index is 2.95. The number of benzene rings is 1. The second-order valence-corrected chi connectivity index (χ2v) is 5.95. The van der Waals surface area contributed by atoms with E-state index in [0.717, 1.165) is 6.26 Å². The van der Waals surface area contributed by atoms with Gasteiger partial charge in [0.15, 0.2) is 11.5 Å². The molecule has 1 rings (SSSR count). The van der Waals surface area contributed by atoms with E-state index in [9.17, 15) is 18.6 Å². The van der Waals surface area contributed by atoms with Gasteiger partial charge < -0.3 is 14.9 Å². The van der Waals surface area contributed by atoms with E-state index in [1.165, 1.54) is 18.2 Å². The summed E-state index contributed by atoms with van der Waals surface area (Å²) in [4.78, 5) is 0. The van der Waals surface area contributed by atoms with Crippen molar-refractivity contribution in [1.82, 2.24) is 0 Å². The summed E-state index contributed by atoms with van der Waals surface area (Å²) in [6.45, 7) is 2.14. The highest BCUT2D eigenvalue weighted by molar-refractivity contribution is 7.90. The minimum Gasteiger partial charge on any atom is -0.504 e. The van der Waals surface area contributed by atoms with E-state index in [4.69, 9.17) is 4.74 Å². The third-order valence-corrected chi connectivity index (χ3v) is 3.05. The van der Waals surface area contributed by atoms with Crippen LogP contribution < -0.4 is 4.74 Å². The highest BCUT2D eigenvalue weighted by Crippen LogP contribution is 2.29. The quantitative estimate of drug-likeness (QED) is 0.820. The van der Waals surface area contributed by atoms with E-state index in [2.05, 4.69) is 0 Å². The second kappa shape index (κ2) is 5.37. The second-order valence-electron chi connectivity index (χ2n) is 3.77. The van der Waals surface area contributed by atoms with Crippen molar-refractivity contribution in [1.29, 1.82) is 0 Å². The molecule has 1 aromatic carbocycles. The summed E-state index contributed by atoms with van der Waals surface area (Å²) in [6.07, 6.45) is -0.0649. The average Bonchev–Trinajstić information content (AvgIpc) is 2.19. The van der Waals surface area contributed by atoms with Crippen LogP contribution in [0.4, 0.5) is 0 Å². The number of phenolic OH excluding ortho intramolecular Hbond substituents is 1. The Morgan fingerprint density at radius 2 is 2.06 bits per heavy atom. The summed E-state index contributed by atoms with van der Waals surface area (Å²) in [5, 5.41) is 19.2. The molecule has 0 aliphatic rings. The standard InChI is InChI=1S/C11H16O5S/c1-3-16-11-6-8(4-5-9(11)12)10(13)7-17(2,14)15/h4-6,10,12-13H,3,7H2,1-2H3. The number of sulfone groups is 1. The fourth-order valence-electron chi connectivity index (χ4n) is 1.39. The van der Waals surface area contributed by atoms with Gasteiger partial charge in [-0.15, -0.1) is 0 Å². The van der Waals surface area contributed by atoms with E-state index in [0.29, 0.717) is 12.2 Å². The lowest BCUT2D eigenvalue weighted by molar-refractivity contribution is 0.201. The number of hydrogen-bond acceptors (Lipinski definition) is 5. The van der Waals surface area contributed by atoms with Gasteiger partial charge in [-0.05, 0) is 24.6 Å². The van der Waals surface area contributed by atoms with Crippen LogP contribution in [0, 0.1) is 0 Å². The Morgan fingerprint density at radius 3 is 2.59 bits per heavy atom. The van der Waals surface area contributed by atoms with Crippen LogP contribution in [0.3, 0.4) is 0 Å². The Labute approximate surface area is 101 Å².